The van der Waals surface area contributed by atoms with Gasteiger partial charge in [-0.05, 0) is 36.3 Å². The van der Waals surface area contributed by atoms with E-state index in [0.29, 0.717) is 13.0 Å². The SMILES string of the molecule is CCC1c2ccsc2CCN1C(=O)C(N)CCOC. The molecule has 2 atom stereocenters. The molecule has 2 rings (SSSR count). The van der Waals surface area contributed by atoms with Crippen molar-refractivity contribution in [2.45, 2.75) is 38.3 Å². The first-order chi connectivity index (χ1) is 9.19. The van der Waals surface area contributed by atoms with E-state index >= 15 is 0 Å². The normalized spacial score (nSPS) is 20.2. The maximum absolute atomic E-state index is 12.5. The molecule has 2 unspecified atom stereocenters. The molecular formula is C14H22N2O2S. The highest BCUT2D eigenvalue weighted by atomic mass is 32.1. The van der Waals surface area contributed by atoms with Crippen molar-refractivity contribution in [2.24, 2.45) is 5.73 Å². The van der Waals surface area contributed by atoms with Gasteiger partial charge in [0.05, 0.1) is 12.1 Å². The van der Waals surface area contributed by atoms with Crippen LogP contribution in [0.15, 0.2) is 11.4 Å². The molecule has 0 saturated heterocycles. The van der Waals surface area contributed by atoms with Crippen molar-refractivity contribution in [2.75, 3.05) is 20.3 Å². The van der Waals surface area contributed by atoms with Crippen LogP contribution in [0.25, 0.3) is 0 Å². The zero-order chi connectivity index (χ0) is 13.8. The Bertz CT molecular complexity index is 433. The Balaban J connectivity index is 2.10. The molecule has 19 heavy (non-hydrogen) atoms. The molecule has 1 aliphatic rings. The van der Waals surface area contributed by atoms with Gasteiger partial charge in [-0.1, -0.05) is 6.92 Å². The highest BCUT2D eigenvalue weighted by Crippen LogP contribution is 2.35. The van der Waals surface area contributed by atoms with Gasteiger partial charge in [0.25, 0.3) is 0 Å². The molecule has 0 spiro atoms. The number of methoxy groups -OCH3 is 1. The average molecular weight is 282 g/mol. The third-order valence-electron chi connectivity index (χ3n) is 3.71. The number of thiophene rings is 1. The summed E-state index contributed by atoms with van der Waals surface area (Å²) in [7, 11) is 1.63. The Morgan fingerprint density at radius 2 is 2.47 bits per heavy atom. The fourth-order valence-corrected chi connectivity index (χ4v) is 3.61. The van der Waals surface area contributed by atoms with Crippen LogP contribution < -0.4 is 5.73 Å². The Hall–Kier alpha value is -0.910. The van der Waals surface area contributed by atoms with E-state index in [1.165, 1.54) is 10.4 Å². The minimum atomic E-state index is -0.450. The fraction of sp³-hybridized carbons (Fsp3) is 0.643. The van der Waals surface area contributed by atoms with Crippen molar-refractivity contribution in [1.29, 1.82) is 0 Å². The Morgan fingerprint density at radius 1 is 1.68 bits per heavy atom. The predicted octanol–water partition coefficient (Wildman–Crippen LogP) is 1.95. The number of rotatable bonds is 5. The molecule has 5 heteroatoms. The Morgan fingerprint density at radius 3 is 3.16 bits per heavy atom. The van der Waals surface area contributed by atoms with E-state index in [1.54, 1.807) is 18.4 Å². The summed E-state index contributed by atoms with van der Waals surface area (Å²) in [6, 6.07) is 1.89. The lowest BCUT2D eigenvalue weighted by Crippen LogP contribution is -2.48. The average Bonchev–Trinajstić information content (AvgIpc) is 2.91. The minimum absolute atomic E-state index is 0.0563. The molecule has 0 bridgehead atoms. The van der Waals surface area contributed by atoms with Gasteiger partial charge in [0.15, 0.2) is 0 Å². The molecule has 0 radical (unpaired) electrons. The van der Waals surface area contributed by atoms with Gasteiger partial charge in [-0.15, -0.1) is 11.3 Å². The first-order valence-corrected chi connectivity index (χ1v) is 7.68. The van der Waals surface area contributed by atoms with E-state index in [9.17, 15) is 4.79 Å². The van der Waals surface area contributed by atoms with Crippen LogP contribution in [0.4, 0.5) is 0 Å². The van der Waals surface area contributed by atoms with Gasteiger partial charge in [0, 0.05) is 25.1 Å². The smallest absolute Gasteiger partial charge is 0.240 e. The number of amides is 1. The number of hydrogen-bond acceptors (Lipinski definition) is 4. The van der Waals surface area contributed by atoms with Gasteiger partial charge < -0.3 is 15.4 Å². The number of nitrogens with zero attached hydrogens (tertiary/aromatic N) is 1. The Labute approximate surface area is 118 Å². The number of fused-ring (bicyclic) bond motifs is 1. The third-order valence-corrected chi connectivity index (χ3v) is 4.71. The van der Waals surface area contributed by atoms with Gasteiger partial charge in [0.1, 0.15) is 0 Å². The lowest BCUT2D eigenvalue weighted by atomic mass is 9.96. The number of carbonyl (C=O) groups excluding carboxylic acids is 1. The molecule has 0 aromatic carbocycles. The van der Waals surface area contributed by atoms with Crippen molar-refractivity contribution < 1.29 is 9.53 Å². The summed E-state index contributed by atoms with van der Waals surface area (Å²) < 4.78 is 5.00. The highest BCUT2D eigenvalue weighted by molar-refractivity contribution is 7.10. The van der Waals surface area contributed by atoms with Crippen molar-refractivity contribution in [3.63, 3.8) is 0 Å². The van der Waals surface area contributed by atoms with Gasteiger partial charge in [0.2, 0.25) is 5.91 Å². The second-order valence-electron chi connectivity index (χ2n) is 4.89. The van der Waals surface area contributed by atoms with E-state index in [0.717, 1.165) is 19.4 Å². The molecule has 0 aliphatic carbocycles. The predicted molar refractivity (Wildman–Crippen MR) is 77.2 cm³/mol. The zero-order valence-electron chi connectivity index (χ0n) is 11.6. The standard InChI is InChI=1S/C14H22N2O2S/c1-3-12-10-6-9-19-13(10)4-7-16(12)14(17)11(15)5-8-18-2/h6,9,11-12H,3-5,7-8,15H2,1-2H3. The molecule has 2 N–H and O–H groups in total. The number of ether oxygens (including phenoxy) is 1. The second-order valence-corrected chi connectivity index (χ2v) is 5.89. The Kier molecular flexibility index (Phi) is 4.96. The van der Waals surface area contributed by atoms with Crippen molar-refractivity contribution in [3.8, 4) is 0 Å². The maximum Gasteiger partial charge on any atom is 0.240 e. The summed E-state index contributed by atoms with van der Waals surface area (Å²) in [5, 5.41) is 2.12. The van der Waals surface area contributed by atoms with Gasteiger partial charge in [-0.2, -0.15) is 0 Å². The van der Waals surface area contributed by atoms with Crippen molar-refractivity contribution in [1.82, 2.24) is 4.90 Å². The van der Waals surface area contributed by atoms with Crippen LogP contribution in [-0.2, 0) is 16.0 Å². The molecule has 2 heterocycles. The van der Waals surface area contributed by atoms with Gasteiger partial charge in [-0.25, -0.2) is 0 Å². The first-order valence-electron chi connectivity index (χ1n) is 6.80. The van der Waals surface area contributed by atoms with Crippen LogP contribution in [0.2, 0.25) is 0 Å². The van der Waals surface area contributed by atoms with Crippen LogP contribution in [0.5, 0.6) is 0 Å². The summed E-state index contributed by atoms with van der Waals surface area (Å²) in [4.78, 5) is 15.8. The molecular weight excluding hydrogens is 260 g/mol. The van der Waals surface area contributed by atoms with Crippen LogP contribution >= 0.6 is 11.3 Å². The minimum Gasteiger partial charge on any atom is -0.385 e. The van der Waals surface area contributed by atoms with Crippen molar-refractivity contribution >= 4 is 17.2 Å². The summed E-state index contributed by atoms with van der Waals surface area (Å²) in [5.41, 5.74) is 7.29. The summed E-state index contributed by atoms with van der Waals surface area (Å²) in [6.07, 6.45) is 2.47. The van der Waals surface area contributed by atoms with Crippen LogP contribution in [0.3, 0.4) is 0 Å². The van der Waals surface area contributed by atoms with E-state index in [-0.39, 0.29) is 11.9 Å². The second kappa shape index (κ2) is 6.50. The van der Waals surface area contributed by atoms with E-state index < -0.39 is 6.04 Å². The van der Waals surface area contributed by atoms with Crippen LogP contribution in [0.1, 0.15) is 36.2 Å². The van der Waals surface area contributed by atoms with Crippen molar-refractivity contribution in [3.05, 3.63) is 21.9 Å². The van der Waals surface area contributed by atoms with Gasteiger partial charge >= 0.3 is 0 Å². The van der Waals surface area contributed by atoms with Gasteiger partial charge in [-0.3, -0.25) is 4.79 Å². The highest BCUT2D eigenvalue weighted by Gasteiger charge is 2.32. The molecule has 0 fully saturated rings. The zero-order valence-corrected chi connectivity index (χ0v) is 12.4. The lowest BCUT2D eigenvalue weighted by molar-refractivity contribution is -0.136. The fourth-order valence-electron chi connectivity index (χ4n) is 2.68. The largest absolute Gasteiger partial charge is 0.385 e. The number of hydrogen-bond donors (Lipinski definition) is 1. The molecule has 1 amide bonds. The molecule has 4 nitrogen and oxygen atoms in total. The number of carbonyl (C=O) groups is 1. The van der Waals surface area contributed by atoms with Crippen LogP contribution in [-0.4, -0.2) is 37.1 Å². The summed E-state index contributed by atoms with van der Waals surface area (Å²) in [6.45, 7) is 3.44. The summed E-state index contributed by atoms with van der Waals surface area (Å²) >= 11 is 1.79. The molecule has 1 aromatic heterocycles. The molecule has 1 aliphatic heterocycles. The quantitative estimate of drug-likeness (QED) is 0.898. The molecule has 0 saturated carbocycles. The monoisotopic (exact) mass is 282 g/mol. The van der Waals surface area contributed by atoms with Crippen LogP contribution in [0, 0.1) is 0 Å². The molecule has 1 aromatic rings. The number of nitrogens with two attached hydrogens (primary N) is 1. The topological polar surface area (TPSA) is 55.6 Å². The molecule has 106 valence electrons. The van der Waals surface area contributed by atoms with E-state index in [2.05, 4.69) is 18.4 Å². The lowest BCUT2D eigenvalue weighted by Gasteiger charge is -2.37. The van der Waals surface area contributed by atoms with E-state index in [4.69, 9.17) is 10.5 Å². The van der Waals surface area contributed by atoms with E-state index in [1.807, 2.05) is 4.90 Å². The maximum atomic E-state index is 12.5. The third kappa shape index (κ3) is 2.99. The first kappa shape index (κ1) is 14.5. The summed E-state index contributed by atoms with van der Waals surface area (Å²) in [5.74, 6) is 0.0563.